The molecular formula is C24H31FN4O3. The first-order valence-electron chi connectivity index (χ1n) is 11.0. The molecule has 2 atom stereocenters. The Morgan fingerprint density at radius 3 is 2.56 bits per heavy atom. The number of halogens is 1. The van der Waals surface area contributed by atoms with Crippen LogP contribution in [0, 0.1) is 34.7 Å². The standard InChI is InChI=1S/C24H31FN4O3/c1-16-11-17(2)15-28(14-16)10-4-9-26-22-8-6-19(12-23(22)29(31)32)24(30)27-20-7-5-18(3)21(25)13-20/h5-8,12-13,16-17,26H,4,9-11,14-15H2,1-3H3,(H,27,30)/t16-,17-/m0/s1. The number of anilines is 2. The number of nitro groups is 1. The van der Waals surface area contributed by atoms with Gasteiger partial charge in [-0.05, 0) is 68.0 Å². The zero-order valence-corrected chi connectivity index (χ0v) is 18.9. The smallest absolute Gasteiger partial charge is 0.293 e. The van der Waals surface area contributed by atoms with Crippen LogP contribution in [0.4, 0.5) is 21.5 Å². The van der Waals surface area contributed by atoms with Crippen LogP contribution in [0.25, 0.3) is 0 Å². The van der Waals surface area contributed by atoms with E-state index in [1.54, 1.807) is 25.1 Å². The summed E-state index contributed by atoms with van der Waals surface area (Å²) in [6.07, 6.45) is 2.14. The largest absolute Gasteiger partial charge is 0.379 e. The zero-order chi connectivity index (χ0) is 23.3. The summed E-state index contributed by atoms with van der Waals surface area (Å²) >= 11 is 0. The third-order valence-electron chi connectivity index (χ3n) is 5.80. The van der Waals surface area contributed by atoms with Crippen molar-refractivity contribution >= 4 is 23.0 Å². The highest BCUT2D eigenvalue weighted by molar-refractivity contribution is 6.05. The van der Waals surface area contributed by atoms with Gasteiger partial charge in [-0.2, -0.15) is 0 Å². The molecule has 2 aromatic rings. The van der Waals surface area contributed by atoms with Gasteiger partial charge in [0.05, 0.1) is 4.92 Å². The normalized spacial score (nSPS) is 18.9. The van der Waals surface area contributed by atoms with Gasteiger partial charge in [-0.1, -0.05) is 19.9 Å². The molecule has 0 aliphatic carbocycles. The summed E-state index contributed by atoms with van der Waals surface area (Å²) in [6, 6.07) is 8.70. The van der Waals surface area contributed by atoms with Crippen molar-refractivity contribution in [2.24, 2.45) is 11.8 Å². The van der Waals surface area contributed by atoms with Crippen molar-refractivity contribution in [2.45, 2.75) is 33.6 Å². The predicted molar refractivity (Wildman–Crippen MR) is 125 cm³/mol. The van der Waals surface area contributed by atoms with Crippen LogP contribution in [0.15, 0.2) is 36.4 Å². The Bertz CT molecular complexity index is 972. The number of hydrogen-bond donors (Lipinski definition) is 2. The molecule has 0 unspecified atom stereocenters. The third kappa shape index (κ3) is 6.26. The van der Waals surface area contributed by atoms with Crippen LogP contribution >= 0.6 is 0 Å². The molecule has 0 saturated carbocycles. The number of benzene rings is 2. The number of nitrogens with zero attached hydrogens (tertiary/aromatic N) is 2. The maximum atomic E-state index is 13.7. The summed E-state index contributed by atoms with van der Waals surface area (Å²) in [4.78, 5) is 26.0. The van der Waals surface area contributed by atoms with Crippen LogP contribution in [-0.2, 0) is 0 Å². The van der Waals surface area contributed by atoms with E-state index in [9.17, 15) is 19.3 Å². The summed E-state index contributed by atoms with van der Waals surface area (Å²) in [5, 5.41) is 17.3. The highest BCUT2D eigenvalue weighted by Crippen LogP contribution is 2.27. The number of carbonyl (C=O) groups excluding carboxylic acids is 1. The summed E-state index contributed by atoms with van der Waals surface area (Å²) < 4.78 is 13.7. The van der Waals surface area contributed by atoms with E-state index in [1.807, 2.05) is 0 Å². The molecule has 0 bridgehead atoms. The number of nitrogens with one attached hydrogen (secondary N) is 2. The average Bonchev–Trinajstić information content (AvgIpc) is 2.73. The first kappa shape index (κ1) is 23.7. The van der Waals surface area contributed by atoms with Gasteiger partial charge in [0.2, 0.25) is 0 Å². The Kier molecular flexibility index (Phi) is 7.80. The second kappa shape index (κ2) is 10.5. The van der Waals surface area contributed by atoms with E-state index >= 15 is 0 Å². The number of aryl methyl sites for hydroxylation is 1. The molecule has 0 spiro atoms. The number of likely N-dealkylation sites (tertiary alicyclic amines) is 1. The van der Waals surface area contributed by atoms with Crippen LogP contribution in [0.1, 0.15) is 42.6 Å². The molecule has 1 saturated heterocycles. The lowest BCUT2D eigenvalue weighted by Crippen LogP contribution is -2.39. The molecule has 1 heterocycles. The minimum Gasteiger partial charge on any atom is -0.379 e. The van der Waals surface area contributed by atoms with Crippen molar-refractivity contribution in [3.8, 4) is 0 Å². The van der Waals surface area contributed by atoms with Gasteiger partial charge in [-0.15, -0.1) is 0 Å². The SMILES string of the molecule is Cc1ccc(NC(=O)c2ccc(NCCCN3C[C@@H](C)C[C@H](C)C3)c([N+](=O)[O-])c2)cc1F. The highest BCUT2D eigenvalue weighted by Gasteiger charge is 2.21. The van der Waals surface area contributed by atoms with Gasteiger partial charge in [-0.25, -0.2) is 4.39 Å². The van der Waals surface area contributed by atoms with E-state index in [-0.39, 0.29) is 11.3 Å². The molecule has 1 amide bonds. The first-order chi connectivity index (χ1) is 15.2. The first-order valence-corrected chi connectivity index (χ1v) is 11.0. The van der Waals surface area contributed by atoms with E-state index in [0.29, 0.717) is 35.3 Å². The lowest BCUT2D eigenvalue weighted by molar-refractivity contribution is -0.384. The van der Waals surface area contributed by atoms with Gasteiger partial charge in [0.1, 0.15) is 11.5 Å². The van der Waals surface area contributed by atoms with E-state index in [1.165, 1.54) is 24.6 Å². The Balaban J connectivity index is 1.59. The Morgan fingerprint density at radius 2 is 1.91 bits per heavy atom. The number of piperidine rings is 1. The maximum Gasteiger partial charge on any atom is 0.293 e. The summed E-state index contributed by atoms with van der Waals surface area (Å²) in [5.41, 5.74) is 1.13. The number of amides is 1. The minimum absolute atomic E-state index is 0.138. The predicted octanol–water partition coefficient (Wildman–Crippen LogP) is 5.07. The van der Waals surface area contributed by atoms with Crippen LogP contribution < -0.4 is 10.6 Å². The van der Waals surface area contributed by atoms with E-state index in [2.05, 4.69) is 29.4 Å². The molecule has 1 fully saturated rings. The van der Waals surface area contributed by atoms with Gasteiger partial charge in [-0.3, -0.25) is 14.9 Å². The fraction of sp³-hybridized carbons (Fsp3) is 0.458. The zero-order valence-electron chi connectivity index (χ0n) is 18.9. The monoisotopic (exact) mass is 442 g/mol. The molecule has 0 radical (unpaired) electrons. The second-order valence-corrected chi connectivity index (χ2v) is 8.89. The topological polar surface area (TPSA) is 87.5 Å². The van der Waals surface area contributed by atoms with Gasteiger partial charge in [0, 0.05) is 37.0 Å². The van der Waals surface area contributed by atoms with Crippen molar-refractivity contribution < 1.29 is 14.1 Å². The van der Waals surface area contributed by atoms with Crippen LogP contribution in [-0.4, -0.2) is 41.9 Å². The van der Waals surface area contributed by atoms with Gasteiger partial charge < -0.3 is 15.5 Å². The summed E-state index contributed by atoms with van der Waals surface area (Å²) in [6.45, 7) is 9.92. The summed E-state index contributed by atoms with van der Waals surface area (Å²) in [7, 11) is 0. The van der Waals surface area contributed by atoms with E-state index in [4.69, 9.17) is 0 Å². The lowest BCUT2D eigenvalue weighted by atomic mass is 9.92. The second-order valence-electron chi connectivity index (χ2n) is 8.89. The molecule has 3 rings (SSSR count). The lowest BCUT2D eigenvalue weighted by Gasteiger charge is -2.34. The Hall–Kier alpha value is -3.00. The maximum absolute atomic E-state index is 13.7. The molecule has 2 aromatic carbocycles. The van der Waals surface area contributed by atoms with E-state index in [0.717, 1.165) is 26.1 Å². The molecule has 7 nitrogen and oxygen atoms in total. The third-order valence-corrected chi connectivity index (χ3v) is 5.80. The van der Waals surface area contributed by atoms with Gasteiger partial charge >= 0.3 is 0 Å². The van der Waals surface area contributed by atoms with Crippen LogP contribution in [0.5, 0.6) is 0 Å². The van der Waals surface area contributed by atoms with Crippen molar-refractivity contribution in [1.29, 1.82) is 0 Å². The number of carbonyl (C=O) groups is 1. The van der Waals surface area contributed by atoms with Crippen molar-refractivity contribution in [1.82, 2.24) is 4.90 Å². The molecule has 1 aliphatic heterocycles. The highest BCUT2D eigenvalue weighted by atomic mass is 19.1. The quantitative estimate of drug-likeness (QED) is 0.338. The molecule has 8 heteroatoms. The fourth-order valence-electron chi connectivity index (χ4n) is 4.35. The number of rotatable bonds is 8. The molecule has 2 N–H and O–H groups in total. The van der Waals surface area contributed by atoms with Crippen LogP contribution in [0.2, 0.25) is 0 Å². The molecule has 32 heavy (non-hydrogen) atoms. The number of hydrogen-bond acceptors (Lipinski definition) is 5. The Labute approximate surface area is 188 Å². The van der Waals surface area contributed by atoms with E-state index < -0.39 is 16.6 Å². The van der Waals surface area contributed by atoms with Crippen LogP contribution in [0.3, 0.4) is 0 Å². The average molecular weight is 443 g/mol. The van der Waals surface area contributed by atoms with Crippen molar-refractivity contribution in [3.05, 3.63) is 63.5 Å². The summed E-state index contributed by atoms with van der Waals surface area (Å²) in [5.74, 6) is 0.434. The van der Waals surface area contributed by atoms with Crippen molar-refractivity contribution in [3.63, 3.8) is 0 Å². The molecule has 1 aliphatic rings. The van der Waals surface area contributed by atoms with Gasteiger partial charge in [0.25, 0.3) is 11.6 Å². The fourth-order valence-corrected chi connectivity index (χ4v) is 4.35. The molecule has 0 aromatic heterocycles. The van der Waals surface area contributed by atoms with Gasteiger partial charge in [0.15, 0.2) is 0 Å². The van der Waals surface area contributed by atoms with Crippen molar-refractivity contribution in [2.75, 3.05) is 36.8 Å². The molecular weight excluding hydrogens is 411 g/mol. The Morgan fingerprint density at radius 1 is 1.19 bits per heavy atom. The minimum atomic E-state index is -0.531. The number of nitro benzene ring substituents is 1. The molecule has 172 valence electrons.